The predicted molar refractivity (Wildman–Crippen MR) is 84.5 cm³/mol. The minimum absolute atomic E-state index is 0.00410. The second kappa shape index (κ2) is 6.44. The Balaban J connectivity index is 2.00. The van der Waals surface area contributed by atoms with Gasteiger partial charge in [0, 0.05) is 23.4 Å². The minimum atomic E-state index is -0.00410. The zero-order valence-corrected chi connectivity index (χ0v) is 12.3. The molecule has 0 aliphatic heterocycles. The number of nitrogens with one attached hydrogen (secondary N) is 1. The third-order valence-electron chi connectivity index (χ3n) is 3.22. The van der Waals surface area contributed by atoms with Crippen molar-refractivity contribution in [3.8, 4) is 0 Å². The van der Waals surface area contributed by atoms with Gasteiger partial charge in [0.2, 0.25) is 5.91 Å². The fraction of sp³-hybridized carbons (Fsp3) is 0.188. The summed E-state index contributed by atoms with van der Waals surface area (Å²) in [5.74, 6) is -0.00410. The molecule has 0 radical (unpaired) electrons. The molecule has 0 heterocycles. The lowest BCUT2D eigenvalue weighted by molar-refractivity contribution is -0.116. The summed E-state index contributed by atoms with van der Waals surface area (Å²) < 4.78 is 0. The summed E-state index contributed by atoms with van der Waals surface area (Å²) in [6.45, 7) is 2.16. The highest BCUT2D eigenvalue weighted by Gasteiger charge is 2.11. The van der Waals surface area contributed by atoms with Crippen molar-refractivity contribution >= 4 is 28.9 Å². The van der Waals surface area contributed by atoms with Gasteiger partial charge in [-0.25, -0.2) is 0 Å². The van der Waals surface area contributed by atoms with E-state index in [1.165, 1.54) is 0 Å². The zero-order valence-electron chi connectivity index (χ0n) is 11.6. The first kappa shape index (κ1) is 14.4. The maximum absolute atomic E-state index is 12.1. The standard InChI is InChI=1S/C16H17ClN2O/c1-12-14(17)9-6-10-15(12)18-11-16(20)19(2)13-7-4-3-5-8-13/h3-10,18H,11H2,1-2H3. The highest BCUT2D eigenvalue weighted by atomic mass is 35.5. The smallest absolute Gasteiger partial charge is 0.246 e. The van der Waals surface area contributed by atoms with Gasteiger partial charge < -0.3 is 10.2 Å². The number of carbonyl (C=O) groups excluding carboxylic acids is 1. The number of nitrogens with zero attached hydrogens (tertiary/aromatic N) is 1. The number of para-hydroxylation sites is 1. The van der Waals surface area contributed by atoms with E-state index in [0.717, 1.165) is 16.9 Å². The normalized spacial score (nSPS) is 10.2. The van der Waals surface area contributed by atoms with Crippen LogP contribution < -0.4 is 10.2 Å². The monoisotopic (exact) mass is 288 g/mol. The van der Waals surface area contributed by atoms with Gasteiger partial charge in [-0.15, -0.1) is 0 Å². The number of rotatable bonds is 4. The van der Waals surface area contributed by atoms with Crippen LogP contribution in [-0.2, 0) is 4.79 Å². The Morgan fingerprint density at radius 3 is 2.55 bits per heavy atom. The van der Waals surface area contributed by atoms with Crippen LogP contribution in [0.4, 0.5) is 11.4 Å². The minimum Gasteiger partial charge on any atom is -0.376 e. The van der Waals surface area contributed by atoms with E-state index in [4.69, 9.17) is 11.6 Å². The zero-order chi connectivity index (χ0) is 14.5. The number of carbonyl (C=O) groups is 1. The molecule has 20 heavy (non-hydrogen) atoms. The molecule has 2 aromatic rings. The number of benzene rings is 2. The molecule has 0 fully saturated rings. The fourth-order valence-electron chi connectivity index (χ4n) is 1.88. The molecular formula is C16H17ClN2O. The van der Waals surface area contributed by atoms with Gasteiger partial charge in [0.1, 0.15) is 0 Å². The van der Waals surface area contributed by atoms with Crippen LogP contribution in [0.2, 0.25) is 5.02 Å². The lowest BCUT2D eigenvalue weighted by atomic mass is 10.2. The van der Waals surface area contributed by atoms with Crippen molar-refractivity contribution in [1.29, 1.82) is 0 Å². The van der Waals surface area contributed by atoms with Crippen molar-refractivity contribution < 1.29 is 4.79 Å². The van der Waals surface area contributed by atoms with Crippen LogP contribution in [0.25, 0.3) is 0 Å². The van der Waals surface area contributed by atoms with Gasteiger partial charge in [0.15, 0.2) is 0 Å². The first-order chi connectivity index (χ1) is 9.59. The molecule has 0 aliphatic carbocycles. The Labute approximate surface area is 124 Å². The number of anilines is 2. The van der Waals surface area contributed by atoms with Crippen molar-refractivity contribution in [2.75, 3.05) is 23.8 Å². The van der Waals surface area contributed by atoms with Gasteiger partial charge in [-0.2, -0.15) is 0 Å². The van der Waals surface area contributed by atoms with Crippen molar-refractivity contribution in [1.82, 2.24) is 0 Å². The first-order valence-electron chi connectivity index (χ1n) is 6.40. The summed E-state index contributed by atoms with van der Waals surface area (Å²) in [5, 5.41) is 3.82. The summed E-state index contributed by atoms with van der Waals surface area (Å²) in [7, 11) is 1.77. The van der Waals surface area contributed by atoms with Gasteiger partial charge >= 0.3 is 0 Å². The molecule has 104 valence electrons. The van der Waals surface area contributed by atoms with Crippen LogP contribution in [-0.4, -0.2) is 19.5 Å². The number of halogens is 1. The van der Waals surface area contributed by atoms with E-state index in [9.17, 15) is 4.79 Å². The summed E-state index contributed by atoms with van der Waals surface area (Å²) in [6.07, 6.45) is 0. The third kappa shape index (κ3) is 3.31. The molecule has 1 amide bonds. The Kier molecular flexibility index (Phi) is 4.64. The van der Waals surface area contributed by atoms with Crippen LogP contribution in [0.3, 0.4) is 0 Å². The van der Waals surface area contributed by atoms with E-state index in [1.54, 1.807) is 11.9 Å². The molecule has 2 aromatic carbocycles. The molecule has 0 saturated carbocycles. The number of amides is 1. The van der Waals surface area contributed by atoms with Crippen molar-refractivity contribution in [2.45, 2.75) is 6.92 Å². The van der Waals surface area contributed by atoms with E-state index >= 15 is 0 Å². The van der Waals surface area contributed by atoms with Crippen LogP contribution >= 0.6 is 11.6 Å². The largest absolute Gasteiger partial charge is 0.376 e. The van der Waals surface area contributed by atoms with Gasteiger partial charge in [-0.1, -0.05) is 35.9 Å². The lowest BCUT2D eigenvalue weighted by Crippen LogP contribution is -2.32. The highest BCUT2D eigenvalue weighted by molar-refractivity contribution is 6.31. The molecule has 0 unspecified atom stereocenters. The summed E-state index contributed by atoms with van der Waals surface area (Å²) in [4.78, 5) is 13.8. The average molecular weight is 289 g/mol. The van der Waals surface area contributed by atoms with E-state index in [1.807, 2.05) is 55.5 Å². The summed E-state index contributed by atoms with van der Waals surface area (Å²) in [6, 6.07) is 15.2. The quantitative estimate of drug-likeness (QED) is 0.930. The fourth-order valence-corrected chi connectivity index (χ4v) is 2.06. The van der Waals surface area contributed by atoms with Gasteiger partial charge in [0.05, 0.1) is 6.54 Å². The van der Waals surface area contributed by atoms with Crippen molar-refractivity contribution in [2.24, 2.45) is 0 Å². The lowest BCUT2D eigenvalue weighted by Gasteiger charge is -2.18. The summed E-state index contributed by atoms with van der Waals surface area (Å²) >= 11 is 6.05. The maximum atomic E-state index is 12.1. The van der Waals surface area contributed by atoms with Gasteiger partial charge in [-0.05, 0) is 36.8 Å². The van der Waals surface area contributed by atoms with Crippen LogP contribution in [0.5, 0.6) is 0 Å². The molecular weight excluding hydrogens is 272 g/mol. The van der Waals surface area contributed by atoms with Gasteiger partial charge in [-0.3, -0.25) is 4.79 Å². The predicted octanol–water partition coefficient (Wildman–Crippen LogP) is 3.72. The molecule has 0 aromatic heterocycles. The van der Waals surface area contributed by atoms with Crippen LogP contribution in [0.15, 0.2) is 48.5 Å². The molecule has 0 spiro atoms. The average Bonchev–Trinajstić information content (AvgIpc) is 2.48. The highest BCUT2D eigenvalue weighted by Crippen LogP contribution is 2.22. The SMILES string of the molecule is Cc1c(Cl)cccc1NCC(=O)N(C)c1ccccc1. The second-order valence-corrected chi connectivity index (χ2v) is 4.96. The Morgan fingerprint density at radius 1 is 1.15 bits per heavy atom. The third-order valence-corrected chi connectivity index (χ3v) is 3.62. The van der Waals surface area contributed by atoms with Crippen LogP contribution in [0, 0.1) is 6.92 Å². The Morgan fingerprint density at radius 2 is 1.85 bits per heavy atom. The number of likely N-dealkylation sites (N-methyl/N-ethyl adjacent to an activating group) is 1. The van der Waals surface area contributed by atoms with E-state index in [0.29, 0.717) is 5.02 Å². The molecule has 0 bridgehead atoms. The Bertz CT molecular complexity index is 599. The molecule has 0 atom stereocenters. The first-order valence-corrected chi connectivity index (χ1v) is 6.78. The van der Waals surface area contributed by atoms with E-state index in [2.05, 4.69) is 5.32 Å². The molecule has 4 heteroatoms. The van der Waals surface area contributed by atoms with Crippen LogP contribution in [0.1, 0.15) is 5.56 Å². The van der Waals surface area contributed by atoms with Gasteiger partial charge in [0.25, 0.3) is 0 Å². The van der Waals surface area contributed by atoms with E-state index in [-0.39, 0.29) is 12.5 Å². The second-order valence-electron chi connectivity index (χ2n) is 4.55. The molecule has 1 N–H and O–H groups in total. The molecule has 0 aliphatic rings. The molecule has 2 rings (SSSR count). The molecule has 3 nitrogen and oxygen atoms in total. The van der Waals surface area contributed by atoms with Crippen molar-refractivity contribution in [3.63, 3.8) is 0 Å². The Hall–Kier alpha value is -2.00. The molecule has 0 saturated heterocycles. The topological polar surface area (TPSA) is 32.3 Å². The van der Waals surface area contributed by atoms with Crippen molar-refractivity contribution in [3.05, 3.63) is 59.1 Å². The summed E-state index contributed by atoms with van der Waals surface area (Å²) in [5.41, 5.74) is 2.71. The number of hydrogen-bond acceptors (Lipinski definition) is 2. The van der Waals surface area contributed by atoms with E-state index < -0.39 is 0 Å². The number of hydrogen-bond donors (Lipinski definition) is 1. The maximum Gasteiger partial charge on any atom is 0.246 e.